The lowest BCUT2D eigenvalue weighted by Crippen LogP contribution is -2.22. The van der Waals surface area contributed by atoms with Gasteiger partial charge in [-0.25, -0.2) is 0 Å². The molecule has 0 bridgehead atoms. The van der Waals surface area contributed by atoms with Crippen LogP contribution < -0.4 is 5.73 Å². The molecule has 2 atom stereocenters. The third-order valence-electron chi connectivity index (χ3n) is 1.66. The van der Waals surface area contributed by atoms with Crippen molar-refractivity contribution in [3.8, 4) is 0 Å². The fraction of sp³-hybridized carbons (Fsp3) is 1.00. The van der Waals surface area contributed by atoms with Gasteiger partial charge in [-0.1, -0.05) is 0 Å². The summed E-state index contributed by atoms with van der Waals surface area (Å²) in [5, 5.41) is 0. The summed E-state index contributed by atoms with van der Waals surface area (Å²) in [4.78, 5) is 0. The SMILES string of the molecule is C[C@@H](N)C[C@@H]1CCCO1. The fourth-order valence-electron chi connectivity index (χ4n) is 1.24. The molecule has 0 aromatic carbocycles. The highest BCUT2D eigenvalue weighted by Crippen LogP contribution is 2.15. The standard InChI is InChI=1S/C7H15NO/c1-6(8)5-7-3-2-4-9-7/h6-7H,2-5,8H2,1H3/t6-,7+/m1/s1. The molecule has 0 amide bonds. The van der Waals surface area contributed by atoms with Crippen LogP contribution in [-0.2, 0) is 4.74 Å². The summed E-state index contributed by atoms with van der Waals surface area (Å²) in [5.74, 6) is 0. The maximum absolute atomic E-state index is 5.59. The van der Waals surface area contributed by atoms with E-state index >= 15 is 0 Å². The molecule has 0 unspecified atom stereocenters. The van der Waals surface area contributed by atoms with E-state index in [1.54, 1.807) is 0 Å². The average Bonchev–Trinajstić information content (AvgIpc) is 2.15. The second-order valence-electron chi connectivity index (χ2n) is 2.85. The molecule has 0 aromatic rings. The molecule has 1 heterocycles. The summed E-state index contributed by atoms with van der Waals surface area (Å²) < 4.78 is 5.38. The van der Waals surface area contributed by atoms with Crippen molar-refractivity contribution in [2.75, 3.05) is 6.61 Å². The molecule has 1 aliphatic rings. The second kappa shape index (κ2) is 3.18. The first-order valence-electron chi connectivity index (χ1n) is 3.66. The molecule has 0 aromatic heterocycles. The van der Waals surface area contributed by atoms with Crippen LogP contribution in [0.2, 0.25) is 0 Å². The van der Waals surface area contributed by atoms with E-state index < -0.39 is 0 Å². The predicted molar refractivity (Wildman–Crippen MR) is 37.2 cm³/mol. The van der Waals surface area contributed by atoms with Crippen molar-refractivity contribution < 1.29 is 4.74 Å². The molecule has 0 aliphatic carbocycles. The van der Waals surface area contributed by atoms with Gasteiger partial charge in [0, 0.05) is 12.6 Å². The van der Waals surface area contributed by atoms with E-state index in [0.717, 1.165) is 13.0 Å². The maximum atomic E-state index is 5.59. The maximum Gasteiger partial charge on any atom is 0.0590 e. The van der Waals surface area contributed by atoms with E-state index in [1.165, 1.54) is 12.8 Å². The largest absolute Gasteiger partial charge is 0.378 e. The van der Waals surface area contributed by atoms with Crippen molar-refractivity contribution in [1.29, 1.82) is 0 Å². The highest BCUT2D eigenvalue weighted by atomic mass is 16.5. The topological polar surface area (TPSA) is 35.2 Å². The summed E-state index contributed by atoms with van der Waals surface area (Å²) in [5.41, 5.74) is 5.59. The molecule has 1 saturated heterocycles. The monoisotopic (exact) mass is 129 g/mol. The minimum atomic E-state index is 0.299. The predicted octanol–water partition coefficient (Wildman–Crippen LogP) is 0.903. The van der Waals surface area contributed by atoms with Crippen LogP contribution in [0.3, 0.4) is 0 Å². The number of rotatable bonds is 2. The van der Waals surface area contributed by atoms with Crippen LogP contribution in [0.25, 0.3) is 0 Å². The van der Waals surface area contributed by atoms with Crippen molar-refractivity contribution in [2.24, 2.45) is 5.73 Å². The first kappa shape index (κ1) is 7.03. The fourth-order valence-corrected chi connectivity index (χ4v) is 1.24. The molecular formula is C7H15NO. The molecule has 2 heteroatoms. The summed E-state index contributed by atoms with van der Waals surface area (Å²) in [6.45, 7) is 2.97. The Kier molecular flexibility index (Phi) is 2.49. The summed E-state index contributed by atoms with van der Waals surface area (Å²) in [7, 11) is 0. The van der Waals surface area contributed by atoms with Crippen molar-refractivity contribution >= 4 is 0 Å². The normalized spacial score (nSPS) is 30.7. The van der Waals surface area contributed by atoms with Crippen molar-refractivity contribution in [3.63, 3.8) is 0 Å². The Morgan fingerprint density at radius 3 is 3.00 bits per heavy atom. The lowest BCUT2D eigenvalue weighted by atomic mass is 10.1. The molecule has 2 nitrogen and oxygen atoms in total. The van der Waals surface area contributed by atoms with Gasteiger partial charge in [-0.2, -0.15) is 0 Å². The van der Waals surface area contributed by atoms with Gasteiger partial charge < -0.3 is 10.5 Å². The van der Waals surface area contributed by atoms with Gasteiger partial charge in [-0.3, -0.25) is 0 Å². The van der Waals surface area contributed by atoms with Crippen molar-refractivity contribution in [2.45, 2.75) is 38.3 Å². The van der Waals surface area contributed by atoms with Gasteiger partial charge in [0.15, 0.2) is 0 Å². The Morgan fingerprint density at radius 1 is 1.78 bits per heavy atom. The van der Waals surface area contributed by atoms with Gasteiger partial charge in [0.2, 0.25) is 0 Å². The molecular weight excluding hydrogens is 114 g/mol. The van der Waals surface area contributed by atoms with Gasteiger partial charge in [-0.15, -0.1) is 0 Å². The quantitative estimate of drug-likeness (QED) is 0.601. The first-order valence-corrected chi connectivity index (χ1v) is 3.66. The molecule has 1 fully saturated rings. The average molecular weight is 129 g/mol. The van der Waals surface area contributed by atoms with Crippen LogP contribution in [0.15, 0.2) is 0 Å². The second-order valence-corrected chi connectivity index (χ2v) is 2.85. The Labute approximate surface area is 56.4 Å². The summed E-state index contributed by atoms with van der Waals surface area (Å²) >= 11 is 0. The van der Waals surface area contributed by atoms with Gasteiger partial charge in [0.1, 0.15) is 0 Å². The van der Waals surface area contributed by atoms with Gasteiger partial charge in [0.05, 0.1) is 6.10 Å². The van der Waals surface area contributed by atoms with Gasteiger partial charge in [-0.05, 0) is 26.2 Å². The third kappa shape index (κ3) is 2.33. The minimum Gasteiger partial charge on any atom is -0.378 e. The first-order chi connectivity index (χ1) is 4.29. The lowest BCUT2D eigenvalue weighted by Gasteiger charge is -2.10. The van der Waals surface area contributed by atoms with Crippen LogP contribution in [0.5, 0.6) is 0 Å². The third-order valence-corrected chi connectivity index (χ3v) is 1.66. The minimum absolute atomic E-state index is 0.299. The summed E-state index contributed by atoms with van der Waals surface area (Å²) in [6.07, 6.45) is 3.92. The zero-order valence-corrected chi connectivity index (χ0v) is 5.97. The van der Waals surface area contributed by atoms with E-state index in [9.17, 15) is 0 Å². The van der Waals surface area contributed by atoms with Crippen LogP contribution >= 0.6 is 0 Å². The van der Waals surface area contributed by atoms with E-state index in [1.807, 2.05) is 6.92 Å². The Balaban J connectivity index is 2.11. The van der Waals surface area contributed by atoms with Crippen LogP contribution in [0.1, 0.15) is 26.2 Å². The molecule has 0 radical (unpaired) electrons. The van der Waals surface area contributed by atoms with E-state index in [0.29, 0.717) is 12.1 Å². The number of ether oxygens (including phenoxy) is 1. The van der Waals surface area contributed by atoms with E-state index in [2.05, 4.69) is 0 Å². The summed E-state index contributed by atoms with van der Waals surface area (Å²) in [6, 6.07) is 0.299. The molecule has 9 heavy (non-hydrogen) atoms. The number of hydrogen-bond donors (Lipinski definition) is 1. The molecule has 2 N–H and O–H groups in total. The lowest BCUT2D eigenvalue weighted by molar-refractivity contribution is 0.0997. The van der Waals surface area contributed by atoms with Gasteiger partial charge in [0.25, 0.3) is 0 Å². The molecule has 1 aliphatic heterocycles. The highest BCUT2D eigenvalue weighted by Gasteiger charge is 2.15. The molecule has 0 spiro atoms. The highest BCUT2D eigenvalue weighted by molar-refractivity contribution is 4.68. The smallest absolute Gasteiger partial charge is 0.0590 e. The Bertz CT molecular complexity index is 77.0. The van der Waals surface area contributed by atoms with Crippen molar-refractivity contribution in [3.05, 3.63) is 0 Å². The number of nitrogens with two attached hydrogens (primary N) is 1. The molecule has 1 rings (SSSR count). The van der Waals surface area contributed by atoms with Gasteiger partial charge >= 0.3 is 0 Å². The zero-order valence-electron chi connectivity index (χ0n) is 5.97. The Morgan fingerprint density at radius 2 is 2.56 bits per heavy atom. The van der Waals surface area contributed by atoms with Crippen LogP contribution in [0.4, 0.5) is 0 Å². The molecule has 0 saturated carbocycles. The van der Waals surface area contributed by atoms with Crippen LogP contribution in [-0.4, -0.2) is 18.8 Å². The van der Waals surface area contributed by atoms with Crippen molar-refractivity contribution in [1.82, 2.24) is 0 Å². The van der Waals surface area contributed by atoms with E-state index in [-0.39, 0.29) is 0 Å². The van der Waals surface area contributed by atoms with Crippen LogP contribution in [0, 0.1) is 0 Å². The number of hydrogen-bond acceptors (Lipinski definition) is 2. The zero-order chi connectivity index (χ0) is 6.69. The van der Waals surface area contributed by atoms with E-state index in [4.69, 9.17) is 10.5 Å². The molecule has 54 valence electrons. The Hall–Kier alpha value is -0.0800.